The van der Waals surface area contributed by atoms with E-state index < -0.39 is 0 Å². The molecule has 104 valence electrons. The molecule has 7 heteroatoms. The van der Waals surface area contributed by atoms with Crippen LogP contribution in [0.15, 0.2) is 11.4 Å². The van der Waals surface area contributed by atoms with Gasteiger partial charge >= 0.3 is 0 Å². The van der Waals surface area contributed by atoms with E-state index in [9.17, 15) is 4.79 Å². The van der Waals surface area contributed by atoms with E-state index in [1.807, 2.05) is 11.8 Å². The highest BCUT2D eigenvalue weighted by atomic mass is 32.2. The van der Waals surface area contributed by atoms with E-state index >= 15 is 0 Å². The second-order valence-corrected chi connectivity index (χ2v) is 5.34. The molecule has 0 aliphatic carbocycles. The number of carbonyl (C=O) groups is 1. The first-order chi connectivity index (χ1) is 9.26. The highest BCUT2D eigenvalue weighted by Gasteiger charge is 2.19. The van der Waals surface area contributed by atoms with Gasteiger partial charge in [0.1, 0.15) is 17.2 Å². The second kappa shape index (κ2) is 6.72. The van der Waals surface area contributed by atoms with Crippen LogP contribution in [0.1, 0.15) is 25.3 Å². The van der Waals surface area contributed by atoms with Crippen LogP contribution in [0.3, 0.4) is 0 Å². The molecule has 1 aliphatic rings. The molecule has 1 fully saturated rings. The fourth-order valence-electron chi connectivity index (χ4n) is 2.15. The fourth-order valence-corrected chi connectivity index (χ4v) is 3.13. The number of thioether (sulfide) groups is 1. The lowest BCUT2D eigenvalue weighted by molar-refractivity contribution is -0.127. The van der Waals surface area contributed by atoms with Crippen molar-refractivity contribution in [2.75, 3.05) is 24.3 Å². The lowest BCUT2D eigenvalue weighted by atomic mass is 10.2. The number of rotatable bonds is 5. The van der Waals surface area contributed by atoms with Crippen molar-refractivity contribution in [2.45, 2.75) is 31.2 Å². The molecule has 0 unspecified atom stereocenters. The van der Waals surface area contributed by atoms with Gasteiger partial charge in [0.05, 0.1) is 5.75 Å². The maximum Gasteiger partial charge on any atom is 0.232 e. The van der Waals surface area contributed by atoms with Gasteiger partial charge in [-0.05, 0) is 19.3 Å². The third-order valence-electron chi connectivity index (χ3n) is 3.19. The zero-order chi connectivity index (χ0) is 13.7. The van der Waals surface area contributed by atoms with Crippen molar-refractivity contribution in [3.05, 3.63) is 11.9 Å². The molecule has 2 heterocycles. The van der Waals surface area contributed by atoms with E-state index in [0.717, 1.165) is 42.9 Å². The number of likely N-dealkylation sites (tertiary alicyclic amines) is 1. The molecule has 0 bridgehead atoms. The average Bonchev–Trinajstić information content (AvgIpc) is 2.98. The molecule has 0 saturated carbocycles. The number of hydrogen-bond donors (Lipinski definition) is 2. The minimum atomic E-state index is 0.186. The normalized spacial score (nSPS) is 14.7. The maximum absolute atomic E-state index is 12.0. The molecule has 0 atom stereocenters. The average molecular weight is 281 g/mol. The Morgan fingerprint density at radius 3 is 2.84 bits per heavy atom. The van der Waals surface area contributed by atoms with Crippen molar-refractivity contribution in [3.63, 3.8) is 0 Å². The summed E-state index contributed by atoms with van der Waals surface area (Å²) < 4.78 is 0. The first-order valence-corrected chi connectivity index (χ1v) is 7.46. The van der Waals surface area contributed by atoms with Gasteiger partial charge in [0.2, 0.25) is 5.91 Å². The summed E-state index contributed by atoms with van der Waals surface area (Å²) in [5.74, 6) is 6.67. The predicted octanol–water partition coefficient (Wildman–Crippen LogP) is 1.04. The van der Waals surface area contributed by atoms with Gasteiger partial charge in [0.15, 0.2) is 0 Å². The van der Waals surface area contributed by atoms with Crippen LogP contribution >= 0.6 is 11.8 Å². The lowest BCUT2D eigenvalue weighted by Gasteiger charge is -2.15. The third-order valence-corrected chi connectivity index (χ3v) is 4.20. The molecule has 0 radical (unpaired) electrons. The SMILES string of the molecule is CCc1c(NN)ncnc1SCC(=O)N1CCCC1. The first kappa shape index (κ1) is 14.1. The number of nitrogens with zero attached hydrogens (tertiary/aromatic N) is 3. The zero-order valence-electron chi connectivity index (χ0n) is 11.1. The van der Waals surface area contributed by atoms with Crippen LogP contribution < -0.4 is 11.3 Å². The standard InChI is InChI=1S/C12H19N5OS/c1-2-9-11(16-13)14-8-15-12(9)19-7-10(18)17-5-3-4-6-17/h8H,2-7,13H2,1H3,(H,14,15,16). The summed E-state index contributed by atoms with van der Waals surface area (Å²) in [6.45, 7) is 3.80. The van der Waals surface area contributed by atoms with Crippen LogP contribution in [0.2, 0.25) is 0 Å². The van der Waals surface area contributed by atoms with Crippen molar-refractivity contribution in [2.24, 2.45) is 5.84 Å². The number of hydrazine groups is 1. The highest BCUT2D eigenvalue weighted by Crippen LogP contribution is 2.25. The van der Waals surface area contributed by atoms with Gasteiger partial charge in [0.25, 0.3) is 0 Å². The molecular weight excluding hydrogens is 262 g/mol. The van der Waals surface area contributed by atoms with Gasteiger partial charge in [0, 0.05) is 18.7 Å². The monoisotopic (exact) mass is 281 g/mol. The Kier molecular flexibility index (Phi) is 4.98. The molecule has 1 aromatic heterocycles. The topological polar surface area (TPSA) is 84.1 Å². The summed E-state index contributed by atoms with van der Waals surface area (Å²) in [7, 11) is 0. The van der Waals surface area contributed by atoms with Gasteiger partial charge in [-0.3, -0.25) is 4.79 Å². The van der Waals surface area contributed by atoms with Crippen LogP contribution in [0.25, 0.3) is 0 Å². The van der Waals surface area contributed by atoms with Crippen LogP contribution in [0.4, 0.5) is 5.82 Å². The number of amides is 1. The second-order valence-electron chi connectivity index (χ2n) is 4.38. The molecule has 2 rings (SSSR count). The highest BCUT2D eigenvalue weighted by molar-refractivity contribution is 7.99. The van der Waals surface area contributed by atoms with Gasteiger partial charge in [-0.15, -0.1) is 0 Å². The summed E-state index contributed by atoms with van der Waals surface area (Å²) in [5, 5.41) is 0.831. The van der Waals surface area contributed by atoms with Gasteiger partial charge in [-0.2, -0.15) is 0 Å². The molecule has 6 nitrogen and oxygen atoms in total. The lowest BCUT2D eigenvalue weighted by Crippen LogP contribution is -2.29. The molecule has 0 aromatic carbocycles. The number of carbonyl (C=O) groups excluding carboxylic acids is 1. The Morgan fingerprint density at radius 2 is 2.21 bits per heavy atom. The minimum absolute atomic E-state index is 0.186. The Bertz CT molecular complexity index is 448. The zero-order valence-corrected chi connectivity index (χ0v) is 11.9. The van der Waals surface area contributed by atoms with E-state index in [4.69, 9.17) is 5.84 Å². The largest absolute Gasteiger partial charge is 0.342 e. The van der Waals surface area contributed by atoms with Gasteiger partial charge in [-0.1, -0.05) is 18.7 Å². The van der Waals surface area contributed by atoms with Gasteiger partial charge in [-0.25, -0.2) is 15.8 Å². The number of nitrogens with one attached hydrogen (secondary N) is 1. The molecule has 19 heavy (non-hydrogen) atoms. The Labute approximate surface area is 117 Å². The van der Waals surface area contributed by atoms with E-state index in [1.165, 1.54) is 18.1 Å². The Morgan fingerprint density at radius 1 is 1.47 bits per heavy atom. The van der Waals surface area contributed by atoms with Crippen molar-refractivity contribution >= 4 is 23.5 Å². The number of hydrogen-bond acceptors (Lipinski definition) is 6. The van der Waals surface area contributed by atoms with Gasteiger partial charge < -0.3 is 10.3 Å². The van der Waals surface area contributed by atoms with E-state index in [0.29, 0.717) is 11.6 Å². The van der Waals surface area contributed by atoms with Crippen molar-refractivity contribution in [1.82, 2.24) is 14.9 Å². The molecule has 1 aromatic rings. The summed E-state index contributed by atoms with van der Waals surface area (Å²) in [4.78, 5) is 22.2. The molecule has 1 amide bonds. The number of anilines is 1. The molecule has 0 spiro atoms. The minimum Gasteiger partial charge on any atom is -0.342 e. The summed E-state index contributed by atoms with van der Waals surface area (Å²) in [5.41, 5.74) is 3.53. The van der Waals surface area contributed by atoms with Crippen LogP contribution in [-0.4, -0.2) is 39.6 Å². The van der Waals surface area contributed by atoms with E-state index in [-0.39, 0.29) is 5.91 Å². The molecular formula is C12H19N5OS. The van der Waals surface area contributed by atoms with Crippen LogP contribution in [0, 0.1) is 0 Å². The van der Waals surface area contributed by atoms with Crippen molar-refractivity contribution in [3.8, 4) is 0 Å². The summed E-state index contributed by atoms with van der Waals surface area (Å²) in [6, 6.07) is 0. The molecule has 3 N–H and O–H groups in total. The quantitative estimate of drug-likeness (QED) is 0.363. The van der Waals surface area contributed by atoms with Crippen LogP contribution in [-0.2, 0) is 11.2 Å². The number of aromatic nitrogens is 2. The molecule has 1 aliphatic heterocycles. The summed E-state index contributed by atoms with van der Waals surface area (Å²) in [6.07, 6.45) is 4.48. The Balaban J connectivity index is 2.00. The molecule has 1 saturated heterocycles. The van der Waals surface area contributed by atoms with Crippen LogP contribution in [0.5, 0.6) is 0 Å². The number of nitrogen functional groups attached to an aromatic ring is 1. The summed E-state index contributed by atoms with van der Waals surface area (Å²) >= 11 is 1.46. The first-order valence-electron chi connectivity index (χ1n) is 6.47. The Hall–Kier alpha value is -1.34. The maximum atomic E-state index is 12.0. The van der Waals surface area contributed by atoms with E-state index in [2.05, 4.69) is 15.4 Å². The third kappa shape index (κ3) is 3.36. The fraction of sp³-hybridized carbons (Fsp3) is 0.583. The smallest absolute Gasteiger partial charge is 0.232 e. The predicted molar refractivity (Wildman–Crippen MR) is 75.8 cm³/mol. The number of nitrogens with two attached hydrogens (primary N) is 1. The van der Waals surface area contributed by atoms with Crippen molar-refractivity contribution < 1.29 is 4.79 Å². The van der Waals surface area contributed by atoms with E-state index in [1.54, 1.807) is 0 Å². The van der Waals surface area contributed by atoms with Crippen molar-refractivity contribution in [1.29, 1.82) is 0 Å².